The average molecular weight is 265 g/mol. The van der Waals surface area contributed by atoms with Crippen molar-refractivity contribution in [2.24, 2.45) is 0 Å². The fourth-order valence-electron chi connectivity index (χ4n) is 2.00. The van der Waals surface area contributed by atoms with Crippen LogP contribution in [0.5, 0.6) is 0 Å². The molecule has 3 rings (SSSR count). The van der Waals surface area contributed by atoms with Crippen LogP contribution in [-0.2, 0) is 6.54 Å². The third-order valence-corrected chi connectivity index (χ3v) is 2.94. The number of nitrogens with one attached hydrogen (secondary N) is 1. The molecule has 0 atom stereocenters. The first-order valence-electron chi connectivity index (χ1n) is 6.44. The molecule has 5 nitrogen and oxygen atoms in total. The van der Waals surface area contributed by atoms with E-state index in [0.717, 1.165) is 22.9 Å². The molecule has 3 heterocycles. The topological polar surface area (TPSA) is 55.6 Å². The minimum atomic E-state index is 0.652. The van der Waals surface area contributed by atoms with Crippen LogP contribution in [0.15, 0.2) is 55.0 Å². The third-order valence-electron chi connectivity index (χ3n) is 2.94. The van der Waals surface area contributed by atoms with Gasteiger partial charge in [-0.05, 0) is 31.2 Å². The molecule has 0 aromatic carbocycles. The molecule has 0 bridgehead atoms. The van der Waals surface area contributed by atoms with Gasteiger partial charge in [-0.1, -0.05) is 12.1 Å². The van der Waals surface area contributed by atoms with Crippen molar-refractivity contribution in [3.8, 4) is 5.82 Å². The lowest BCUT2D eigenvalue weighted by Crippen LogP contribution is -2.08. The van der Waals surface area contributed by atoms with Crippen LogP contribution in [0.4, 0.5) is 5.82 Å². The molecule has 0 saturated heterocycles. The van der Waals surface area contributed by atoms with E-state index in [-0.39, 0.29) is 0 Å². The van der Waals surface area contributed by atoms with Gasteiger partial charge in [0.1, 0.15) is 5.82 Å². The lowest BCUT2D eigenvalue weighted by molar-refractivity contribution is 0.828. The van der Waals surface area contributed by atoms with Crippen LogP contribution in [0.3, 0.4) is 0 Å². The van der Waals surface area contributed by atoms with E-state index in [1.54, 1.807) is 17.1 Å². The van der Waals surface area contributed by atoms with Crippen LogP contribution in [0.2, 0.25) is 0 Å². The highest BCUT2D eigenvalue weighted by Gasteiger charge is 2.05. The molecule has 0 spiro atoms. The largest absolute Gasteiger partial charge is 0.366 e. The zero-order chi connectivity index (χ0) is 13.8. The molecule has 1 N–H and O–H groups in total. The first-order valence-corrected chi connectivity index (χ1v) is 6.44. The second kappa shape index (κ2) is 5.52. The van der Waals surface area contributed by atoms with E-state index in [0.29, 0.717) is 6.54 Å². The van der Waals surface area contributed by atoms with Crippen LogP contribution in [0, 0.1) is 6.92 Å². The maximum absolute atomic E-state index is 4.43. The van der Waals surface area contributed by atoms with Crippen LogP contribution < -0.4 is 5.32 Å². The molecule has 0 radical (unpaired) electrons. The Morgan fingerprint density at radius 3 is 2.85 bits per heavy atom. The summed E-state index contributed by atoms with van der Waals surface area (Å²) in [6, 6.07) is 11.8. The highest BCUT2D eigenvalue weighted by atomic mass is 15.3. The van der Waals surface area contributed by atoms with Gasteiger partial charge in [0.05, 0.1) is 0 Å². The fraction of sp³-hybridized carbons (Fsp3) is 0.133. The number of nitrogens with zero attached hydrogens (tertiary/aromatic N) is 4. The Morgan fingerprint density at radius 2 is 2.05 bits per heavy atom. The van der Waals surface area contributed by atoms with E-state index in [9.17, 15) is 0 Å². The molecule has 100 valence electrons. The van der Waals surface area contributed by atoms with Crippen molar-refractivity contribution in [3.05, 3.63) is 66.2 Å². The van der Waals surface area contributed by atoms with Gasteiger partial charge in [-0.25, -0.2) is 14.6 Å². The van der Waals surface area contributed by atoms with Gasteiger partial charge in [0.2, 0.25) is 0 Å². The van der Waals surface area contributed by atoms with E-state index >= 15 is 0 Å². The zero-order valence-electron chi connectivity index (χ0n) is 11.2. The SMILES string of the molecule is Cc1cccc(NCc2cccnc2-n2cccn2)n1. The maximum Gasteiger partial charge on any atom is 0.158 e. The summed E-state index contributed by atoms with van der Waals surface area (Å²) in [6.45, 7) is 2.63. The van der Waals surface area contributed by atoms with Crippen molar-refractivity contribution in [1.82, 2.24) is 19.7 Å². The van der Waals surface area contributed by atoms with Crippen LogP contribution in [-0.4, -0.2) is 19.7 Å². The zero-order valence-corrected chi connectivity index (χ0v) is 11.2. The summed E-state index contributed by atoms with van der Waals surface area (Å²) in [5.74, 6) is 1.69. The Hall–Kier alpha value is -2.69. The van der Waals surface area contributed by atoms with E-state index < -0.39 is 0 Å². The number of hydrogen-bond acceptors (Lipinski definition) is 4. The van der Waals surface area contributed by atoms with Gasteiger partial charge in [-0.3, -0.25) is 0 Å². The Morgan fingerprint density at radius 1 is 1.10 bits per heavy atom. The molecular formula is C15H15N5. The Labute approximate surface area is 117 Å². The highest BCUT2D eigenvalue weighted by molar-refractivity contribution is 5.40. The summed E-state index contributed by atoms with van der Waals surface area (Å²) in [6.07, 6.45) is 5.40. The van der Waals surface area contributed by atoms with Crippen molar-refractivity contribution < 1.29 is 0 Å². The van der Waals surface area contributed by atoms with E-state index in [4.69, 9.17) is 0 Å². The van der Waals surface area contributed by atoms with Gasteiger partial charge in [0, 0.05) is 36.4 Å². The molecule has 0 aliphatic heterocycles. The molecule has 0 unspecified atom stereocenters. The van der Waals surface area contributed by atoms with Crippen LogP contribution in [0.25, 0.3) is 5.82 Å². The molecule has 3 aromatic rings. The standard InChI is InChI=1S/C15H15N5/c1-12-5-2-7-14(19-12)17-11-13-6-3-8-16-15(13)20-10-4-9-18-20/h2-10H,11H2,1H3,(H,17,19). The van der Waals surface area contributed by atoms with Crippen molar-refractivity contribution >= 4 is 5.82 Å². The van der Waals surface area contributed by atoms with Gasteiger partial charge in [0.25, 0.3) is 0 Å². The Balaban J connectivity index is 1.81. The summed E-state index contributed by atoms with van der Waals surface area (Å²) >= 11 is 0. The monoisotopic (exact) mass is 265 g/mol. The minimum absolute atomic E-state index is 0.652. The van der Waals surface area contributed by atoms with E-state index in [1.807, 2.05) is 49.5 Å². The smallest absolute Gasteiger partial charge is 0.158 e. The first kappa shape index (κ1) is 12.3. The molecule has 3 aromatic heterocycles. The highest BCUT2D eigenvalue weighted by Crippen LogP contribution is 2.12. The maximum atomic E-state index is 4.43. The molecular weight excluding hydrogens is 250 g/mol. The number of rotatable bonds is 4. The van der Waals surface area contributed by atoms with Gasteiger partial charge < -0.3 is 5.32 Å². The molecule has 20 heavy (non-hydrogen) atoms. The van der Waals surface area contributed by atoms with Gasteiger partial charge in [-0.15, -0.1) is 0 Å². The molecule has 0 fully saturated rings. The first-order chi connectivity index (χ1) is 9.83. The van der Waals surface area contributed by atoms with Gasteiger partial charge in [0.15, 0.2) is 5.82 Å². The van der Waals surface area contributed by atoms with Crippen molar-refractivity contribution in [2.75, 3.05) is 5.32 Å². The lowest BCUT2D eigenvalue weighted by atomic mass is 10.2. The van der Waals surface area contributed by atoms with Crippen molar-refractivity contribution in [1.29, 1.82) is 0 Å². The van der Waals surface area contributed by atoms with E-state index in [2.05, 4.69) is 20.4 Å². The number of aryl methyl sites for hydroxylation is 1. The third kappa shape index (κ3) is 2.66. The summed E-state index contributed by atoms with van der Waals surface area (Å²) in [5, 5.41) is 7.54. The normalized spacial score (nSPS) is 10.4. The number of pyridine rings is 2. The number of anilines is 1. The van der Waals surface area contributed by atoms with Crippen molar-refractivity contribution in [2.45, 2.75) is 13.5 Å². The number of hydrogen-bond donors (Lipinski definition) is 1. The Kier molecular flexibility index (Phi) is 3.41. The minimum Gasteiger partial charge on any atom is -0.366 e. The molecule has 0 saturated carbocycles. The summed E-state index contributed by atoms with van der Waals surface area (Å²) in [4.78, 5) is 8.82. The molecule has 5 heteroatoms. The van der Waals surface area contributed by atoms with Gasteiger partial charge in [-0.2, -0.15) is 5.10 Å². The predicted molar refractivity (Wildman–Crippen MR) is 77.7 cm³/mol. The predicted octanol–water partition coefficient (Wildman–Crippen LogP) is 2.58. The van der Waals surface area contributed by atoms with Crippen molar-refractivity contribution in [3.63, 3.8) is 0 Å². The second-order valence-corrected chi connectivity index (χ2v) is 4.45. The Bertz CT molecular complexity index is 691. The summed E-state index contributed by atoms with van der Waals surface area (Å²) in [7, 11) is 0. The number of aromatic nitrogens is 4. The summed E-state index contributed by atoms with van der Waals surface area (Å²) in [5.41, 5.74) is 2.06. The van der Waals surface area contributed by atoms with Gasteiger partial charge >= 0.3 is 0 Å². The van der Waals surface area contributed by atoms with E-state index in [1.165, 1.54) is 0 Å². The second-order valence-electron chi connectivity index (χ2n) is 4.45. The average Bonchev–Trinajstić information content (AvgIpc) is 3.00. The molecule has 0 aliphatic carbocycles. The fourth-order valence-corrected chi connectivity index (χ4v) is 2.00. The quantitative estimate of drug-likeness (QED) is 0.787. The lowest BCUT2D eigenvalue weighted by Gasteiger charge is -2.10. The molecule has 0 amide bonds. The summed E-state index contributed by atoms with van der Waals surface area (Å²) < 4.78 is 1.76. The van der Waals surface area contributed by atoms with Crippen LogP contribution in [0.1, 0.15) is 11.3 Å². The molecule has 0 aliphatic rings. The van der Waals surface area contributed by atoms with Crippen LogP contribution >= 0.6 is 0 Å².